The van der Waals surface area contributed by atoms with Crippen LogP contribution in [0.2, 0.25) is 0 Å². The smallest absolute Gasteiger partial charge is 0.0312 e. The van der Waals surface area contributed by atoms with Crippen LogP contribution in [0.4, 0.5) is 0 Å². The fourth-order valence-corrected chi connectivity index (χ4v) is 3.56. The molecule has 28 heavy (non-hydrogen) atoms. The maximum atomic E-state index is 4.15. The lowest BCUT2D eigenvalue weighted by atomic mass is 10.2. The van der Waals surface area contributed by atoms with Crippen LogP contribution in [-0.2, 0) is 13.1 Å². The number of pyridine rings is 2. The zero-order valence-corrected chi connectivity index (χ0v) is 16.9. The molecule has 0 unspecified atom stereocenters. The Balaban J connectivity index is 1.16. The number of aromatic nitrogens is 2. The van der Waals surface area contributed by atoms with Crippen molar-refractivity contribution in [2.24, 2.45) is 0 Å². The van der Waals surface area contributed by atoms with Crippen LogP contribution in [0, 0.1) is 0 Å². The van der Waals surface area contributed by atoms with Gasteiger partial charge in [0.05, 0.1) is 0 Å². The largest absolute Gasteiger partial charge is 0.313 e. The van der Waals surface area contributed by atoms with Gasteiger partial charge in [-0.15, -0.1) is 0 Å². The van der Waals surface area contributed by atoms with Crippen LogP contribution in [0.5, 0.6) is 0 Å². The first-order valence-electron chi connectivity index (χ1n) is 10.5. The van der Waals surface area contributed by atoms with Crippen molar-refractivity contribution < 1.29 is 0 Å². The molecule has 0 radical (unpaired) electrons. The van der Waals surface area contributed by atoms with E-state index in [9.17, 15) is 0 Å². The second-order valence-electron chi connectivity index (χ2n) is 7.47. The molecular formula is C22H34N6. The summed E-state index contributed by atoms with van der Waals surface area (Å²) in [4.78, 5) is 13.5. The molecule has 2 N–H and O–H groups in total. The Morgan fingerprint density at radius 3 is 1.57 bits per heavy atom. The highest BCUT2D eigenvalue weighted by Gasteiger charge is 2.15. The van der Waals surface area contributed by atoms with Crippen LogP contribution in [0.3, 0.4) is 0 Å². The van der Waals surface area contributed by atoms with E-state index in [1.165, 1.54) is 63.2 Å². The molecule has 0 saturated carbocycles. The summed E-state index contributed by atoms with van der Waals surface area (Å²) in [7, 11) is 0. The van der Waals surface area contributed by atoms with Crippen LogP contribution in [0.15, 0.2) is 49.1 Å². The first-order chi connectivity index (χ1) is 13.9. The lowest BCUT2D eigenvalue weighted by Gasteiger charge is -2.34. The van der Waals surface area contributed by atoms with Gasteiger partial charge in [-0.05, 0) is 62.3 Å². The van der Waals surface area contributed by atoms with Crippen molar-refractivity contribution in [1.29, 1.82) is 0 Å². The lowest BCUT2D eigenvalue weighted by Crippen LogP contribution is -2.47. The van der Waals surface area contributed by atoms with Crippen molar-refractivity contribution in [3.63, 3.8) is 0 Å². The first kappa shape index (κ1) is 20.9. The molecule has 1 saturated heterocycles. The first-order valence-corrected chi connectivity index (χ1v) is 10.5. The van der Waals surface area contributed by atoms with Crippen LogP contribution in [-0.4, -0.2) is 72.1 Å². The summed E-state index contributed by atoms with van der Waals surface area (Å²) < 4.78 is 0. The summed E-state index contributed by atoms with van der Waals surface area (Å²) in [6, 6.07) is 8.22. The molecule has 2 aromatic rings. The highest BCUT2D eigenvalue weighted by atomic mass is 15.3. The summed E-state index contributed by atoms with van der Waals surface area (Å²) in [5.74, 6) is 0. The van der Waals surface area contributed by atoms with Gasteiger partial charge in [-0.3, -0.25) is 9.97 Å². The van der Waals surface area contributed by atoms with Gasteiger partial charge < -0.3 is 20.4 Å². The van der Waals surface area contributed by atoms with E-state index in [0.29, 0.717) is 0 Å². The normalized spacial score (nSPS) is 15.7. The molecule has 0 amide bonds. The Morgan fingerprint density at radius 1 is 0.714 bits per heavy atom. The van der Waals surface area contributed by atoms with Crippen molar-refractivity contribution in [2.75, 3.05) is 52.4 Å². The fourth-order valence-electron chi connectivity index (χ4n) is 3.56. The number of hydrogen-bond donors (Lipinski definition) is 2. The van der Waals surface area contributed by atoms with E-state index >= 15 is 0 Å². The van der Waals surface area contributed by atoms with E-state index in [0.717, 1.165) is 26.2 Å². The molecule has 6 heteroatoms. The van der Waals surface area contributed by atoms with Crippen LogP contribution >= 0.6 is 0 Å². The van der Waals surface area contributed by atoms with Gasteiger partial charge in [0.1, 0.15) is 0 Å². The molecular weight excluding hydrogens is 348 g/mol. The monoisotopic (exact) mass is 382 g/mol. The average molecular weight is 383 g/mol. The molecule has 152 valence electrons. The number of piperazine rings is 1. The van der Waals surface area contributed by atoms with Crippen molar-refractivity contribution >= 4 is 0 Å². The summed E-state index contributed by atoms with van der Waals surface area (Å²) >= 11 is 0. The SMILES string of the molecule is c1cncc(CNCCCN2CCN(CCCNCc3cccnc3)CC2)c1. The summed E-state index contributed by atoms with van der Waals surface area (Å²) in [5.41, 5.74) is 2.51. The van der Waals surface area contributed by atoms with E-state index in [4.69, 9.17) is 0 Å². The maximum Gasteiger partial charge on any atom is 0.0312 e. The molecule has 2 aromatic heterocycles. The van der Waals surface area contributed by atoms with Gasteiger partial charge in [0, 0.05) is 64.1 Å². The summed E-state index contributed by atoms with van der Waals surface area (Å²) in [6.45, 7) is 11.2. The van der Waals surface area contributed by atoms with Gasteiger partial charge in [0.25, 0.3) is 0 Å². The van der Waals surface area contributed by atoms with Crippen molar-refractivity contribution in [2.45, 2.75) is 25.9 Å². The fraction of sp³-hybridized carbons (Fsp3) is 0.545. The summed E-state index contributed by atoms with van der Waals surface area (Å²) in [6.07, 6.45) is 9.92. The van der Waals surface area contributed by atoms with Gasteiger partial charge >= 0.3 is 0 Å². The minimum atomic E-state index is 0.913. The second-order valence-corrected chi connectivity index (χ2v) is 7.47. The third kappa shape index (κ3) is 8.02. The molecule has 0 bridgehead atoms. The Kier molecular flexibility index (Phi) is 9.37. The maximum absolute atomic E-state index is 4.15. The quantitative estimate of drug-likeness (QED) is 0.546. The van der Waals surface area contributed by atoms with Gasteiger partial charge in [0.15, 0.2) is 0 Å². The standard InChI is InChI=1S/C22H34N6/c1-5-21(17-23-7-1)19-25-9-3-11-27-13-15-28(16-14-27)12-4-10-26-20-22-6-2-8-24-18-22/h1-2,5-8,17-18,25-26H,3-4,9-16,19-20H2. The lowest BCUT2D eigenvalue weighted by molar-refractivity contribution is 0.130. The highest BCUT2D eigenvalue weighted by Crippen LogP contribution is 2.03. The predicted molar refractivity (Wildman–Crippen MR) is 114 cm³/mol. The van der Waals surface area contributed by atoms with Crippen LogP contribution < -0.4 is 10.6 Å². The van der Waals surface area contributed by atoms with E-state index in [1.54, 1.807) is 0 Å². The van der Waals surface area contributed by atoms with E-state index in [2.05, 4.69) is 42.5 Å². The average Bonchev–Trinajstić information content (AvgIpc) is 2.76. The minimum Gasteiger partial charge on any atom is -0.313 e. The van der Waals surface area contributed by atoms with Gasteiger partial charge in [-0.1, -0.05) is 12.1 Å². The highest BCUT2D eigenvalue weighted by molar-refractivity contribution is 5.08. The Bertz CT molecular complexity index is 570. The van der Waals surface area contributed by atoms with E-state index in [1.807, 2.05) is 36.9 Å². The molecule has 0 aromatic carbocycles. The van der Waals surface area contributed by atoms with Crippen molar-refractivity contribution in [3.8, 4) is 0 Å². The van der Waals surface area contributed by atoms with E-state index in [-0.39, 0.29) is 0 Å². The summed E-state index contributed by atoms with van der Waals surface area (Å²) in [5, 5.41) is 7.03. The molecule has 3 rings (SSSR count). The Hall–Kier alpha value is -1.86. The molecule has 1 aliphatic heterocycles. The van der Waals surface area contributed by atoms with Crippen molar-refractivity contribution in [3.05, 3.63) is 60.2 Å². The second kappa shape index (κ2) is 12.6. The molecule has 3 heterocycles. The Labute approximate surface area is 169 Å². The zero-order valence-electron chi connectivity index (χ0n) is 16.9. The molecule has 0 aliphatic carbocycles. The van der Waals surface area contributed by atoms with Gasteiger partial charge in [-0.2, -0.15) is 0 Å². The van der Waals surface area contributed by atoms with E-state index < -0.39 is 0 Å². The number of rotatable bonds is 12. The molecule has 0 atom stereocenters. The third-order valence-electron chi connectivity index (χ3n) is 5.22. The van der Waals surface area contributed by atoms with Crippen LogP contribution in [0.1, 0.15) is 24.0 Å². The predicted octanol–water partition coefficient (Wildman–Crippen LogP) is 1.75. The third-order valence-corrected chi connectivity index (χ3v) is 5.22. The topological polar surface area (TPSA) is 56.3 Å². The minimum absolute atomic E-state index is 0.913. The zero-order chi connectivity index (χ0) is 19.3. The van der Waals surface area contributed by atoms with Gasteiger partial charge in [0.2, 0.25) is 0 Å². The Morgan fingerprint density at radius 2 is 1.18 bits per heavy atom. The number of hydrogen-bond acceptors (Lipinski definition) is 6. The molecule has 0 spiro atoms. The molecule has 1 aliphatic rings. The van der Waals surface area contributed by atoms with Gasteiger partial charge in [-0.25, -0.2) is 0 Å². The van der Waals surface area contributed by atoms with Crippen LogP contribution in [0.25, 0.3) is 0 Å². The molecule has 6 nitrogen and oxygen atoms in total. The molecule has 1 fully saturated rings. The van der Waals surface area contributed by atoms with Crippen molar-refractivity contribution in [1.82, 2.24) is 30.4 Å². The number of nitrogens with one attached hydrogen (secondary N) is 2. The number of nitrogens with zero attached hydrogens (tertiary/aromatic N) is 4.